The second-order valence-corrected chi connectivity index (χ2v) is 3.73. The van der Waals surface area contributed by atoms with Crippen LogP contribution in [-0.2, 0) is 0 Å². The largest absolute Gasteiger partial charge is 0.0850 e. The summed E-state index contributed by atoms with van der Waals surface area (Å²) in [6.45, 7) is 4.58. The first kappa shape index (κ1) is 8.83. The van der Waals surface area contributed by atoms with Crippen LogP contribution in [-0.4, -0.2) is 0 Å². The second-order valence-electron chi connectivity index (χ2n) is 3.73. The lowest BCUT2D eigenvalue weighted by atomic mass is 10.1. The van der Waals surface area contributed by atoms with Crippen molar-refractivity contribution in [3.63, 3.8) is 0 Å². The van der Waals surface area contributed by atoms with Gasteiger partial charge in [-0.1, -0.05) is 44.8 Å². The summed E-state index contributed by atoms with van der Waals surface area (Å²) >= 11 is 0. The Kier molecular flexibility index (Phi) is 3.68. The summed E-state index contributed by atoms with van der Waals surface area (Å²) in [5.74, 6) is 0.932. The average molecular weight is 152 g/mol. The monoisotopic (exact) mass is 152 g/mol. The maximum Gasteiger partial charge on any atom is -0.0194 e. The summed E-state index contributed by atoms with van der Waals surface area (Å²) < 4.78 is 0. The van der Waals surface area contributed by atoms with Gasteiger partial charge < -0.3 is 0 Å². The van der Waals surface area contributed by atoms with E-state index < -0.39 is 0 Å². The van der Waals surface area contributed by atoms with E-state index in [0.29, 0.717) is 0 Å². The maximum atomic E-state index is 2.46. The van der Waals surface area contributed by atoms with E-state index in [1.54, 1.807) is 5.57 Å². The van der Waals surface area contributed by atoms with Crippen molar-refractivity contribution in [2.24, 2.45) is 5.92 Å². The van der Waals surface area contributed by atoms with E-state index in [1.165, 1.54) is 38.5 Å². The highest BCUT2D eigenvalue weighted by Crippen LogP contribution is 2.37. The topological polar surface area (TPSA) is 0 Å². The molecular weight excluding hydrogens is 132 g/mol. The normalized spacial score (nSPS) is 26.0. The summed E-state index contributed by atoms with van der Waals surface area (Å²) in [5, 5.41) is 0. The first-order valence-electron chi connectivity index (χ1n) is 5.03. The molecule has 0 aromatic carbocycles. The highest BCUT2D eigenvalue weighted by Gasteiger charge is 2.22. The van der Waals surface area contributed by atoms with Crippen LogP contribution in [0.15, 0.2) is 11.6 Å². The van der Waals surface area contributed by atoms with E-state index in [0.717, 1.165) is 5.92 Å². The van der Waals surface area contributed by atoms with Gasteiger partial charge in [0.2, 0.25) is 0 Å². The van der Waals surface area contributed by atoms with Crippen LogP contribution in [0.25, 0.3) is 0 Å². The standard InChI is InChI=1S/C11H20/c1-3-4-5-6-7-8-11-9-10(11)2/h8,10H,3-7,9H2,1-2H3. The molecule has 0 spiro atoms. The molecule has 0 aromatic rings. The summed E-state index contributed by atoms with van der Waals surface area (Å²) in [5.41, 5.74) is 1.71. The third-order valence-electron chi connectivity index (χ3n) is 2.48. The summed E-state index contributed by atoms with van der Waals surface area (Å²) in [4.78, 5) is 0. The van der Waals surface area contributed by atoms with Gasteiger partial charge in [-0.15, -0.1) is 0 Å². The molecule has 1 saturated carbocycles. The lowest BCUT2D eigenvalue weighted by Gasteiger charge is -1.93. The second kappa shape index (κ2) is 4.58. The summed E-state index contributed by atoms with van der Waals surface area (Å²) in [6, 6.07) is 0. The van der Waals surface area contributed by atoms with E-state index >= 15 is 0 Å². The molecule has 0 bridgehead atoms. The number of hydrogen-bond donors (Lipinski definition) is 0. The molecule has 1 rings (SSSR count). The van der Waals surface area contributed by atoms with Crippen LogP contribution in [0.1, 0.15) is 52.4 Å². The van der Waals surface area contributed by atoms with E-state index in [9.17, 15) is 0 Å². The molecule has 0 amide bonds. The van der Waals surface area contributed by atoms with Crippen LogP contribution in [0.5, 0.6) is 0 Å². The van der Waals surface area contributed by atoms with Gasteiger partial charge in [-0.2, -0.15) is 0 Å². The minimum atomic E-state index is 0.932. The molecule has 0 heterocycles. The summed E-state index contributed by atoms with van der Waals surface area (Å²) in [7, 11) is 0. The molecule has 64 valence electrons. The van der Waals surface area contributed by atoms with Crippen molar-refractivity contribution >= 4 is 0 Å². The van der Waals surface area contributed by atoms with Crippen molar-refractivity contribution < 1.29 is 0 Å². The zero-order chi connectivity index (χ0) is 8.10. The van der Waals surface area contributed by atoms with E-state index in [2.05, 4.69) is 19.9 Å². The van der Waals surface area contributed by atoms with Gasteiger partial charge in [-0.3, -0.25) is 0 Å². The van der Waals surface area contributed by atoms with Crippen molar-refractivity contribution in [3.8, 4) is 0 Å². The molecule has 11 heavy (non-hydrogen) atoms. The highest BCUT2D eigenvalue weighted by atomic mass is 14.3. The van der Waals surface area contributed by atoms with Gasteiger partial charge in [0.15, 0.2) is 0 Å². The van der Waals surface area contributed by atoms with E-state index in [1.807, 2.05) is 0 Å². The predicted octanol–water partition coefficient (Wildman–Crippen LogP) is 3.92. The lowest BCUT2D eigenvalue weighted by Crippen LogP contribution is -1.73. The predicted molar refractivity (Wildman–Crippen MR) is 50.6 cm³/mol. The Morgan fingerprint density at radius 2 is 2.09 bits per heavy atom. The zero-order valence-corrected chi connectivity index (χ0v) is 7.90. The molecule has 1 unspecified atom stereocenters. The van der Waals surface area contributed by atoms with Crippen molar-refractivity contribution in [2.45, 2.75) is 52.4 Å². The third-order valence-corrected chi connectivity index (χ3v) is 2.48. The average Bonchev–Trinajstić information content (AvgIpc) is 2.67. The number of rotatable bonds is 5. The smallest absolute Gasteiger partial charge is 0.0194 e. The van der Waals surface area contributed by atoms with Crippen molar-refractivity contribution in [3.05, 3.63) is 11.6 Å². The van der Waals surface area contributed by atoms with Crippen molar-refractivity contribution in [2.75, 3.05) is 0 Å². The van der Waals surface area contributed by atoms with Crippen LogP contribution in [0.2, 0.25) is 0 Å². The lowest BCUT2D eigenvalue weighted by molar-refractivity contribution is 0.674. The molecule has 1 aliphatic rings. The van der Waals surface area contributed by atoms with Gasteiger partial charge in [0.05, 0.1) is 0 Å². The van der Waals surface area contributed by atoms with Gasteiger partial charge in [0.1, 0.15) is 0 Å². The molecule has 0 heteroatoms. The number of unbranched alkanes of at least 4 members (excludes halogenated alkanes) is 4. The number of allylic oxidation sites excluding steroid dienone is 2. The highest BCUT2D eigenvalue weighted by molar-refractivity contribution is 5.21. The molecule has 0 aromatic heterocycles. The third kappa shape index (κ3) is 3.60. The fourth-order valence-electron chi connectivity index (χ4n) is 1.44. The molecule has 0 saturated heterocycles. The molecule has 0 radical (unpaired) electrons. The minimum absolute atomic E-state index is 0.932. The first-order chi connectivity index (χ1) is 5.34. The Morgan fingerprint density at radius 1 is 1.36 bits per heavy atom. The first-order valence-corrected chi connectivity index (χ1v) is 5.03. The van der Waals surface area contributed by atoms with Crippen molar-refractivity contribution in [1.82, 2.24) is 0 Å². The van der Waals surface area contributed by atoms with E-state index in [-0.39, 0.29) is 0 Å². The Hall–Kier alpha value is -0.260. The van der Waals surface area contributed by atoms with Crippen LogP contribution in [0.3, 0.4) is 0 Å². The molecule has 1 aliphatic carbocycles. The van der Waals surface area contributed by atoms with Gasteiger partial charge in [-0.25, -0.2) is 0 Å². The molecular formula is C11H20. The van der Waals surface area contributed by atoms with Crippen LogP contribution < -0.4 is 0 Å². The quantitative estimate of drug-likeness (QED) is 0.413. The molecule has 0 aliphatic heterocycles. The fourth-order valence-corrected chi connectivity index (χ4v) is 1.44. The summed E-state index contributed by atoms with van der Waals surface area (Å²) in [6.07, 6.45) is 10.8. The minimum Gasteiger partial charge on any atom is -0.0850 e. The van der Waals surface area contributed by atoms with Crippen LogP contribution >= 0.6 is 0 Å². The molecule has 0 N–H and O–H groups in total. The van der Waals surface area contributed by atoms with Crippen LogP contribution in [0, 0.1) is 5.92 Å². The Bertz CT molecular complexity index is 133. The Labute approximate surface area is 70.7 Å². The molecule has 1 atom stereocenters. The zero-order valence-electron chi connectivity index (χ0n) is 7.90. The Balaban J connectivity index is 1.89. The SMILES string of the molecule is CCCCCCC=C1CC1C. The fraction of sp³-hybridized carbons (Fsp3) is 0.818. The van der Waals surface area contributed by atoms with Crippen molar-refractivity contribution in [1.29, 1.82) is 0 Å². The van der Waals surface area contributed by atoms with Crippen LogP contribution in [0.4, 0.5) is 0 Å². The van der Waals surface area contributed by atoms with E-state index in [4.69, 9.17) is 0 Å². The van der Waals surface area contributed by atoms with Gasteiger partial charge in [0.25, 0.3) is 0 Å². The van der Waals surface area contributed by atoms with Gasteiger partial charge >= 0.3 is 0 Å². The maximum absolute atomic E-state index is 2.46. The molecule has 1 fully saturated rings. The van der Waals surface area contributed by atoms with Gasteiger partial charge in [0, 0.05) is 0 Å². The molecule has 0 nitrogen and oxygen atoms in total. The number of hydrogen-bond acceptors (Lipinski definition) is 0. The van der Waals surface area contributed by atoms with Gasteiger partial charge in [-0.05, 0) is 25.2 Å². The Morgan fingerprint density at radius 3 is 2.64 bits per heavy atom.